The highest BCUT2D eigenvalue weighted by atomic mass is 79.9. The van der Waals surface area contributed by atoms with Crippen LogP contribution in [0.25, 0.3) is 17.0 Å². The molecule has 5 rings (SSSR count). The van der Waals surface area contributed by atoms with E-state index in [0.29, 0.717) is 52.7 Å². The predicted molar refractivity (Wildman–Crippen MR) is 148 cm³/mol. The Morgan fingerprint density at radius 1 is 1.18 bits per heavy atom. The number of amides is 1. The monoisotopic (exact) mass is 636 g/mol. The fourth-order valence-corrected chi connectivity index (χ4v) is 5.28. The lowest BCUT2D eigenvalue weighted by atomic mass is 10.0. The van der Waals surface area contributed by atoms with Gasteiger partial charge in [-0.2, -0.15) is 0 Å². The number of hydrogen-bond donors (Lipinski definition) is 1. The van der Waals surface area contributed by atoms with Crippen LogP contribution in [-0.2, 0) is 19.5 Å². The van der Waals surface area contributed by atoms with Crippen molar-refractivity contribution in [1.82, 2.24) is 19.8 Å². The minimum Gasteiger partial charge on any atom is -0.406 e. The maximum atomic E-state index is 14.2. The molecular formula is C28H22BrClF4N4O2. The Morgan fingerprint density at radius 2 is 2.00 bits per heavy atom. The number of benzene rings is 2. The van der Waals surface area contributed by atoms with E-state index in [4.69, 9.17) is 11.6 Å². The number of nitrogens with one attached hydrogen (secondary N) is 1. The van der Waals surface area contributed by atoms with E-state index in [1.54, 1.807) is 30.3 Å². The van der Waals surface area contributed by atoms with Crippen LogP contribution < -0.4 is 10.1 Å². The minimum atomic E-state index is -4.87. The van der Waals surface area contributed by atoms with Crippen molar-refractivity contribution < 1.29 is 27.1 Å². The summed E-state index contributed by atoms with van der Waals surface area (Å²) in [6.07, 6.45) is 0.698. The van der Waals surface area contributed by atoms with Crippen LogP contribution in [0, 0.1) is 5.82 Å². The third-order valence-electron chi connectivity index (χ3n) is 6.49. The molecule has 0 saturated carbocycles. The van der Waals surface area contributed by atoms with Gasteiger partial charge in [0, 0.05) is 66.0 Å². The average Bonchev–Trinajstić information content (AvgIpc) is 3.20. The third-order valence-corrected chi connectivity index (χ3v) is 7.19. The predicted octanol–water partition coefficient (Wildman–Crippen LogP) is 7.32. The molecule has 0 aliphatic carbocycles. The van der Waals surface area contributed by atoms with Crippen LogP contribution in [0.2, 0.25) is 5.15 Å². The fraction of sp³-hybridized carbons (Fsp3) is 0.214. The molecule has 3 heterocycles. The van der Waals surface area contributed by atoms with Gasteiger partial charge in [0.15, 0.2) is 0 Å². The molecule has 1 aliphatic rings. The molecule has 0 unspecified atom stereocenters. The summed E-state index contributed by atoms with van der Waals surface area (Å²) < 4.78 is 59.2. The molecule has 1 N–H and O–H groups in total. The molecule has 1 amide bonds. The van der Waals surface area contributed by atoms with Crippen LogP contribution in [0.5, 0.6) is 5.75 Å². The van der Waals surface area contributed by atoms with Crippen LogP contribution in [0.4, 0.5) is 22.4 Å². The Morgan fingerprint density at radius 3 is 2.75 bits per heavy atom. The van der Waals surface area contributed by atoms with Gasteiger partial charge in [0.2, 0.25) is 0 Å². The average molecular weight is 638 g/mol. The quantitative estimate of drug-likeness (QED) is 0.178. The molecule has 0 fully saturated rings. The van der Waals surface area contributed by atoms with E-state index in [-0.39, 0.29) is 17.5 Å². The van der Waals surface area contributed by atoms with Gasteiger partial charge in [-0.25, -0.2) is 14.2 Å². The van der Waals surface area contributed by atoms with E-state index in [0.717, 1.165) is 11.1 Å². The maximum absolute atomic E-state index is 14.2. The van der Waals surface area contributed by atoms with E-state index in [1.165, 1.54) is 35.0 Å². The van der Waals surface area contributed by atoms with Crippen molar-refractivity contribution in [2.75, 3.05) is 13.1 Å². The van der Waals surface area contributed by atoms with Gasteiger partial charge in [0.25, 0.3) is 0 Å². The van der Waals surface area contributed by atoms with E-state index >= 15 is 0 Å². The number of aromatic nitrogens is 2. The maximum Gasteiger partial charge on any atom is 0.573 e. The van der Waals surface area contributed by atoms with Crippen molar-refractivity contribution in [3.05, 3.63) is 98.6 Å². The van der Waals surface area contributed by atoms with Gasteiger partial charge >= 0.3 is 12.4 Å². The Hall–Kier alpha value is -3.41. The van der Waals surface area contributed by atoms with Crippen LogP contribution >= 0.6 is 27.5 Å². The Balaban J connectivity index is 1.42. The van der Waals surface area contributed by atoms with Gasteiger partial charge in [0.05, 0.1) is 5.52 Å². The van der Waals surface area contributed by atoms with Crippen LogP contribution in [0.3, 0.4) is 0 Å². The number of carbonyl (C=O) groups excluding carboxylic acids is 1. The molecule has 4 aromatic rings. The molecule has 0 atom stereocenters. The van der Waals surface area contributed by atoms with Gasteiger partial charge < -0.3 is 10.1 Å². The second-order valence-corrected chi connectivity index (χ2v) is 10.5. The first-order valence-corrected chi connectivity index (χ1v) is 13.4. The fourth-order valence-electron chi connectivity index (χ4n) is 4.75. The van der Waals surface area contributed by atoms with Gasteiger partial charge in [-0.05, 0) is 47.5 Å². The van der Waals surface area contributed by atoms with Crippen LogP contribution in [0.15, 0.2) is 65.3 Å². The largest absolute Gasteiger partial charge is 0.573 e. The first kappa shape index (κ1) is 28.1. The molecule has 40 heavy (non-hydrogen) atoms. The minimum absolute atomic E-state index is 0.151. The molecule has 208 valence electrons. The zero-order valence-corrected chi connectivity index (χ0v) is 23.2. The lowest BCUT2D eigenvalue weighted by Gasteiger charge is -2.27. The highest BCUT2D eigenvalue weighted by Crippen LogP contribution is 2.34. The third kappa shape index (κ3) is 6.48. The summed E-state index contributed by atoms with van der Waals surface area (Å²) >= 11 is 9.18. The number of rotatable bonds is 6. The van der Waals surface area contributed by atoms with Crippen molar-refractivity contribution in [2.45, 2.75) is 25.9 Å². The molecule has 6 nitrogen and oxygen atoms in total. The lowest BCUT2D eigenvalue weighted by Crippen LogP contribution is -2.34. The molecule has 12 heteroatoms. The molecule has 0 spiro atoms. The second kappa shape index (κ2) is 11.6. The number of carbonyl (C=O) groups is 1. The molecule has 2 aromatic carbocycles. The summed E-state index contributed by atoms with van der Waals surface area (Å²) in [6, 6.07) is 11.7. The molecule has 1 aliphatic heterocycles. The van der Waals surface area contributed by atoms with Crippen molar-refractivity contribution in [3.8, 4) is 5.75 Å². The van der Waals surface area contributed by atoms with Crippen molar-refractivity contribution in [2.24, 2.45) is 0 Å². The Labute approximate surface area is 240 Å². The highest BCUT2D eigenvalue weighted by molar-refractivity contribution is 9.10. The Bertz CT molecular complexity index is 1610. The number of hydrogen-bond acceptors (Lipinski definition) is 4. The number of alkyl halides is 3. The highest BCUT2D eigenvalue weighted by Gasteiger charge is 2.32. The molecule has 0 radical (unpaired) electrons. The SMILES string of the molecule is O=C(NCc1ccnc(Cl)c1)n1c2c(c3ccc(OC(F)(F)F)cc31)CN(CC=Cc1ccc(Br)cc1F)CC2. The van der Waals surface area contributed by atoms with E-state index in [2.05, 4.69) is 35.9 Å². The normalized spacial score (nSPS) is 14.1. The van der Waals surface area contributed by atoms with Crippen LogP contribution in [-0.4, -0.2) is 39.9 Å². The molecule has 0 saturated heterocycles. The van der Waals surface area contributed by atoms with Gasteiger partial charge in [-0.15, -0.1) is 13.2 Å². The summed E-state index contributed by atoms with van der Waals surface area (Å²) in [6.45, 7) is 1.72. The number of pyridine rings is 1. The molecule has 2 aromatic heterocycles. The zero-order valence-electron chi connectivity index (χ0n) is 20.8. The summed E-state index contributed by atoms with van der Waals surface area (Å²) in [5.41, 5.74) is 3.04. The van der Waals surface area contributed by atoms with Gasteiger partial charge in [0.1, 0.15) is 16.7 Å². The first-order chi connectivity index (χ1) is 19.1. The number of halogens is 6. The number of fused-ring (bicyclic) bond motifs is 3. The number of nitrogens with zero attached hydrogens (tertiary/aromatic N) is 3. The molecular weight excluding hydrogens is 616 g/mol. The van der Waals surface area contributed by atoms with Gasteiger partial charge in [-0.1, -0.05) is 45.7 Å². The second-order valence-electron chi connectivity index (χ2n) is 9.19. The lowest BCUT2D eigenvalue weighted by molar-refractivity contribution is -0.274. The first-order valence-electron chi connectivity index (χ1n) is 12.2. The Kier molecular flexibility index (Phi) is 8.16. The number of ether oxygens (including phenoxy) is 1. The van der Waals surface area contributed by atoms with Gasteiger partial charge in [-0.3, -0.25) is 9.47 Å². The molecule has 0 bridgehead atoms. The smallest absolute Gasteiger partial charge is 0.406 e. The van der Waals surface area contributed by atoms with Crippen molar-refractivity contribution >= 4 is 50.5 Å². The van der Waals surface area contributed by atoms with E-state index in [9.17, 15) is 22.4 Å². The van der Waals surface area contributed by atoms with E-state index in [1.807, 2.05) is 6.08 Å². The standard InChI is InChI=1S/C28H22BrClF4N4O2/c29-19-4-3-18(23(31)13-19)2-1-10-37-11-8-24-22(16-37)21-6-5-20(40-28(32,33)34)14-25(21)38(24)27(39)36-15-17-7-9-35-26(30)12-17/h1-7,9,12-14H,8,10-11,15-16H2,(H,36,39). The van der Waals surface area contributed by atoms with Crippen LogP contribution in [0.1, 0.15) is 22.4 Å². The van der Waals surface area contributed by atoms with Crippen molar-refractivity contribution in [1.29, 1.82) is 0 Å². The summed E-state index contributed by atoms with van der Waals surface area (Å²) in [5, 5.41) is 3.75. The zero-order chi connectivity index (χ0) is 28.4. The summed E-state index contributed by atoms with van der Waals surface area (Å²) in [7, 11) is 0. The summed E-state index contributed by atoms with van der Waals surface area (Å²) in [4.78, 5) is 19.4. The summed E-state index contributed by atoms with van der Waals surface area (Å²) in [5.74, 6) is -0.757. The van der Waals surface area contributed by atoms with Crippen molar-refractivity contribution in [3.63, 3.8) is 0 Å². The van der Waals surface area contributed by atoms with E-state index < -0.39 is 18.1 Å². The topological polar surface area (TPSA) is 59.4 Å².